The van der Waals surface area contributed by atoms with Crippen LogP contribution in [-0.4, -0.2) is 38.3 Å². The lowest BCUT2D eigenvalue weighted by Gasteiger charge is -2.30. The molecular formula is C14H18N2O2. The molecule has 4 nitrogen and oxygen atoms in total. The van der Waals surface area contributed by atoms with Gasteiger partial charge in [0.05, 0.1) is 18.7 Å². The Kier molecular flexibility index (Phi) is 4.06. The number of hydrogen-bond donors (Lipinski definition) is 0. The summed E-state index contributed by atoms with van der Waals surface area (Å²) in [4.78, 5) is 2.27. The quantitative estimate of drug-likeness (QED) is 0.818. The fraction of sp³-hybridized carbons (Fsp3) is 0.500. The van der Waals surface area contributed by atoms with Crippen LogP contribution in [0.25, 0.3) is 0 Å². The topological polar surface area (TPSA) is 45.5 Å². The SMILES string of the molecule is COc1cc(C#N)ccc1O[C@@H]1CCCN(C)C1. The lowest BCUT2D eigenvalue weighted by Crippen LogP contribution is -2.38. The first-order chi connectivity index (χ1) is 8.72. The lowest BCUT2D eigenvalue weighted by molar-refractivity contribution is 0.101. The number of piperidine rings is 1. The number of methoxy groups -OCH3 is 1. The minimum atomic E-state index is 0.200. The summed E-state index contributed by atoms with van der Waals surface area (Å²) < 4.78 is 11.2. The molecule has 1 aromatic carbocycles. The molecule has 0 bridgehead atoms. The van der Waals surface area contributed by atoms with E-state index in [0.29, 0.717) is 11.3 Å². The Morgan fingerprint density at radius 1 is 1.39 bits per heavy atom. The zero-order chi connectivity index (χ0) is 13.0. The molecule has 96 valence electrons. The molecule has 2 rings (SSSR count). The predicted molar refractivity (Wildman–Crippen MR) is 68.9 cm³/mol. The average Bonchev–Trinajstić information content (AvgIpc) is 2.39. The highest BCUT2D eigenvalue weighted by Gasteiger charge is 2.20. The van der Waals surface area contributed by atoms with Crippen molar-refractivity contribution in [1.29, 1.82) is 5.26 Å². The van der Waals surface area contributed by atoms with Crippen molar-refractivity contribution in [2.75, 3.05) is 27.2 Å². The number of ether oxygens (including phenoxy) is 2. The van der Waals surface area contributed by atoms with Gasteiger partial charge in [0, 0.05) is 12.6 Å². The van der Waals surface area contributed by atoms with Gasteiger partial charge in [0.15, 0.2) is 11.5 Å². The first-order valence-corrected chi connectivity index (χ1v) is 6.16. The summed E-state index contributed by atoms with van der Waals surface area (Å²) in [5.74, 6) is 1.35. The second-order valence-corrected chi connectivity index (χ2v) is 4.62. The molecule has 0 amide bonds. The Hall–Kier alpha value is -1.73. The molecule has 4 heteroatoms. The molecule has 0 aliphatic carbocycles. The summed E-state index contributed by atoms with van der Waals surface area (Å²) in [6.45, 7) is 2.06. The van der Waals surface area contributed by atoms with E-state index >= 15 is 0 Å². The fourth-order valence-electron chi connectivity index (χ4n) is 2.23. The van der Waals surface area contributed by atoms with Gasteiger partial charge in [-0.05, 0) is 38.6 Å². The molecule has 0 saturated carbocycles. The van der Waals surface area contributed by atoms with Crippen LogP contribution < -0.4 is 9.47 Å². The van der Waals surface area contributed by atoms with E-state index in [2.05, 4.69) is 18.0 Å². The molecule has 0 spiro atoms. The van der Waals surface area contributed by atoms with Crippen molar-refractivity contribution in [3.05, 3.63) is 23.8 Å². The van der Waals surface area contributed by atoms with E-state index in [0.717, 1.165) is 31.7 Å². The van der Waals surface area contributed by atoms with E-state index < -0.39 is 0 Å². The third-order valence-corrected chi connectivity index (χ3v) is 3.17. The van der Waals surface area contributed by atoms with Crippen molar-refractivity contribution < 1.29 is 9.47 Å². The molecule has 0 radical (unpaired) electrons. The van der Waals surface area contributed by atoms with Crippen LogP contribution in [0, 0.1) is 11.3 Å². The van der Waals surface area contributed by atoms with Crippen LogP contribution in [0.15, 0.2) is 18.2 Å². The maximum absolute atomic E-state index is 8.85. The van der Waals surface area contributed by atoms with E-state index in [1.165, 1.54) is 0 Å². The van der Waals surface area contributed by atoms with Gasteiger partial charge in [-0.3, -0.25) is 0 Å². The zero-order valence-electron chi connectivity index (χ0n) is 10.8. The Bertz CT molecular complexity index is 454. The molecule has 1 aliphatic rings. The first-order valence-electron chi connectivity index (χ1n) is 6.16. The van der Waals surface area contributed by atoms with E-state index in [-0.39, 0.29) is 6.10 Å². The summed E-state index contributed by atoms with van der Waals surface area (Å²) in [7, 11) is 3.70. The van der Waals surface area contributed by atoms with E-state index in [1.807, 2.05) is 6.07 Å². The zero-order valence-corrected chi connectivity index (χ0v) is 10.8. The predicted octanol–water partition coefficient (Wildman–Crippen LogP) is 2.04. The molecule has 1 aliphatic heterocycles. The van der Waals surface area contributed by atoms with Crippen molar-refractivity contribution in [2.45, 2.75) is 18.9 Å². The van der Waals surface area contributed by atoms with Crippen LogP contribution in [0.2, 0.25) is 0 Å². The number of benzene rings is 1. The third kappa shape index (κ3) is 2.93. The minimum absolute atomic E-state index is 0.200. The van der Waals surface area contributed by atoms with Gasteiger partial charge in [-0.25, -0.2) is 0 Å². The molecule has 1 fully saturated rings. The number of likely N-dealkylation sites (tertiary alicyclic amines) is 1. The van der Waals surface area contributed by atoms with Crippen LogP contribution >= 0.6 is 0 Å². The standard InChI is InChI=1S/C14H18N2O2/c1-16-7-3-4-12(10-16)18-13-6-5-11(9-15)8-14(13)17-2/h5-6,8,12H,3-4,7,10H2,1-2H3/t12-/m1/s1. The average molecular weight is 246 g/mol. The second-order valence-electron chi connectivity index (χ2n) is 4.62. The van der Waals surface area contributed by atoms with Crippen LogP contribution in [0.4, 0.5) is 0 Å². The molecule has 0 aromatic heterocycles. The second kappa shape index (κ2) is 5.74. The number of nitriles is 1. The molecule has 0 unspecified atom stereocenters. The van der Waals surface area contributed by atoms with Crippen molar-refractivity contribution >= 4 is 0 Å². The molecular weight excluding hydrogens is 228 g/mol. The fourth-order valence-corrected chi connectivity index (χ4v) is 2.23. The highest BCUT2D eigenvalue weighted by molar-refractivity contribution is 5.46. The smallest absolute Gasteiger partial charge is 0.162 e. The highest BCUT2D eigenvalue weighted by atomic mass is 16.5. The Labute approximate surface area is 108 Å². The first kappa shape index (κ1) is 12.7. The Morgan fingerprint density at radius 3 is 2.89 bits per heavy atom. The summed E-state index contributed by atoms with van der Waals surface area (Å²) >= 11 is 0. The van der Waals surface area contributed by atoms with E-state index in [1.54, 1.807) is 19.2 Å². The Balaban J connectivity index is 2.11. The van der Waals surface area contributed by atoms with Crippen molar-refractivity contribution in [2.24, 2.45) is 0 Å². The van der Waals surface area contributed by atoms with Crippen LogP contribution in [0.1, 0.15) is 18.4 Å². The van der Waals surface area contributed by atoms with E-state index in [4.69, 9.17) is 14.7 Å². The van der Waals surface area contributed by atoms with Crippen LogP contribution in [0.5, 0.6) is 11.5 Å². The summed E-state index contributed by atoms with van der Waals surface area (Å²) in [5.41, 5.74) is 0.583. The molecule has 1 saturated heterocycles. The maximum atomic E-state index is 8.85. The molecule has 1 aromatic rings. The monoisotopic (exact) mass is 246 g/mol. The van der Waals surface area contributed by atoms with Gasteiger partial charge in [0.2, 0.25) is 0 Å². The maximum Gasteiger partial charge on any atom is 0.162 e. The van der Waals surface area contributed by atoms with Crippen molar-refractivity contribution in [3.8, 4) is 17.6 Å². The molecule has 1 atom stereocenters. The Morgan fingerprint density at radius 2 is 2.22 bits per heavy atom. The summed E-state index contributed by atoms with van der Waals surface area (Å²) in [6, 6.07) is 7.37. The van der Waals surface area contributed by atoms with Gasteiger partial charge in [0.1, 0.15) is 6.10 Å². The minimum Gasteiger partial charge on any atom is -0.493 e. The number of likely N-dealkylation sites (N-methyl/N-ethyl adjacent to an activating group) is 1. The molecule has 0 N–H and O–H groups in total. The van der Waals surface area contributed by atoms with Gasteiger partial charge < -0.3 is 14.4 Å². The normalized spacial score (nSPS) is 20.2. The van der Waals surface area contributed by atoms with Gasteiger partial charge in [0.25, 0.3) is 0 Å². The lowest BCUT2D eigenvalue weighted by atomic mass is 10.1. The van der Waals surface area contributed by atoms with Crippen molar-refractivity contribution in [1.82, 2.24) is 4.90 Å². The summed E-state index contributed by atoms with van der Waals surface area (Å²) in [6.07, 6.45) is 2.42. The number of nitrogens with zero attached hydrogens (tertiary/aromatic N) is 2. The van der Waals surface area contributed by atoms with Gasteiger partial charge in [-0.15, -0.1) is 0 Å². The van der Waals surface area contributed by atoms with Crippen LogP contribution in [0.3, 0.4) is 0 Å². The largest absolute Gasteiger partial charge is 0.493 e. The van der Waals surface area contributed by atoms with Crippen LogP contribution in [-0.2, 0) is 0 Å². The van der Waals surface area contributed by atoms with Gasteiger partial charge >= 0.3 is 0 Å². The number of hydrogen-bond acceptors (Lipinski definition) is 4. The van der Waals surface area contributed by atoms with Crippen molar-refractivity contribution in [3.63, 3.8) is 0 Å². The highest BCUT2D eigenvalue weighted by Crippen LogP contribution is 2.30. The van der Waals surface area contributed by atoms with E-state index in [9.17, 15) is 0 Å². The number of rotatable bonds is 3. The summed E-state index contributed by atoms with van der Waals surface area (Å²) in [5, 5.41) is 8.85. The third-order valence-electron chi connectivity index (χ3n) is 3.17. The van der Waals surface area contributed by atoms with Gasteiger partial charge in [-0.1, -0.05) is 0 Å². The molecule has 18 heavy (non-hydrogen) atoms. The molecule has 1 heterocycles. The van der Waals surface area contributed by atoms with Gasteiger partial charge in [-0.2, -0.15) is 5.26 Å².